The number of hydrogen-bond donors (Lipinski definition) is 1. The molecule has 0 saturated carbocycles. The SMILES string of the molecule is N#C/C(=C/c1cn(-c2ccccc2)nc1-c1ccccc1)C(=O)NC[C@@H]1CCCO1. The molecular formula is C24H22N4O2. The molecule has 0 radical (unpaired) electrons. The topological polar surface area (TPSA) is 79.9 Å². The van der Waals surface area contributed by atoms with Crippen molar-refractivity contribution in [1.82, 2.24) is 15.1 Å². The van der Waals surface area contributed by atoms with E-state index in [4.69, 9.17) is 9.84 Å². The van der Waals surface area contributed by atoms with Gasteiger partial charge in [-0.25, -0.2) is 4.68 Å². The van der Waals surface area contributed by atoms with Crippen molar-refractivity contribution in [2.75, 3.05) is 13.2 Å². The van der Waals surface area contributed by atoms with E-state index in [1.807, 2.05) is 72.9 Å². The number of benzene rings is 2. The van der Waals surface area contributed by atoms with Gasteiger partial charge in [0.1, 0.15) is 11.6 Å². The van der Waals surface area contributed by atoms with Crippen molar-refractivity contribution in [3.63, 3.8) is 0 Å². The van der Waals surface area contributed by atoms with Gasteiger partial charge >= 0.3 is 0 Å². The minimum Gasteiger partial charge on any atom is -0.376 e. The first-order chi connectivity index (χ1) is 14.7. The summed E-state index contributed by atoms with van der Waals surface area (Å²) in [6.45, 7) is 1.13. The number of carbonyl (C=O) groups excluding carboxylic acids is 1. The Morgan fingerprint density at radius 1 is 1.20 bits per heavy atom. The molecule has 30 heavy (non-hydrogen) atoms. The van der Waals surface area contributed by atoms with Crippen molar-refractivity contribution in [3.8, 4) is 23.0 Å². The van der Waals surface area contributed by atoms with Crippen LogP contribution in [0.3, 0.4) is 0 Å². The molecule has 4 rings (SSSR count). The molecule has 0 unspecified atom stereocenters. The maximum absolute atomic E-state index is 12.6. The van der Waals surface area contributed by atoms with E-state index < -0.39 is 5.91 Å². The summed E-state index contributed by atoms with van der Waals surface area (Å²) in [6.07, 6.45) is 5.38. The lowest BCUT2D eigenvalue weighted by atomic mass is 10.1. The molecule has 1 aliphatic rings. The fourth-order valence-corrected chi connectivity index (χ4v) is 3.44. The van der Waals surface area contributed by atoms with Gasteiger partial charge in [-0.2, -0.15) is 10.4 Å². The molecule has 3 aromatic rings. The van der Waals surface area contributed by atoms with E-state index >= 15 is 0 Å². The van der Waals surface area contributed by atoms with Crippen molar-refractivity contribution in [2.45, 2.75) is 18.9 Å². The number of hydrogen-bond acceptors (Lipinski definition) is 4. The number of para-hydroxylation sites is 1. The molecule has 1 N–H and O–H groups in total. The van der Waals surface area contributed by atoms with Gasteiger partial charge < -0.3 is 10.1 Å². The van der Waals surface area contributed by atoms with Gasteiger partial charge in [-0.1, -0.05) is 48.5 Å². The van der Waals surface area contributed by atoms with E-state index in [2.05, 4.69) is 5.32 Å². The van der Waals surface area contributed by atoms with Gasteiger partial charge in [0.05, 0.1) is 17.5 Å². The number of rotatable bonds is 6. The highest BCUT2D eigenvalue weighted by Crippen LogP contribution is 2.25. The molecule has 0 spiro atoms. The molecule has 2 heterocycles. The van der Waals surface area contributed by atoms with Gasteiger partial charge in [0.15, 0.2) is 0 Å². The highest BCUT2D eigenvalue weighted by atomic mass is 16.5. The van der Waals surface area contributed by atoms with Crippen molar-refractivity contribution < 1.29 is 9.53 Å². The number of amides is 1. The van der Waals surface area contributed by atoms with Crippen molar-refractivity contribution >= 4 is 12.0 Å². The van der Waals surface area contributed by atoms with Crippen LogP contribution in [0.2, 0.25) is 0 Å². The summed E-state index contributed by atoms with van der Waals surface area (Å²) in [5.41, 5.74) is 3.26. The summed E-state index contributed by atoms with van der Waals surface area (Å²) in [7, 11) is 0. The van der Waals surface area contributed by atoms with Crippen LogP contribution >= 0.6 is 0 Å². The third-order valence-electron chi connectivity index (χ3n) is 4.99. The second kappa shape index (κ2) is 9.21. The molecule has 0 aliphatic carbocycles. The Balaban J connectivity index is 1.66. The Morgan fingerprint density at radius 2 is 1.93 bits per heavy atom. The van der Waals surface area contributed by atoms with Gasteiger partial charge in [0.25, 0.3) is 5.91 Å². The molecule has 6 nitrogen and oxygen atoms in total. The average molecular weight is 398 g/mol. The zero-order valence-electron chi connectivity index (χ0n) is 16.5. The van der Waals surface area contributed by atoms with Crippen LogP contribution in [-0.2, 0) is 9.53 Å². The van der Waals surface area contributed by atoms with Crippen LogP contribution in [-0.4, -0.2) is 34.9 Å². The quantitative estimate of drug-likeness (QED) is 0.507. The van der Waals surface area contributed by atoms with E-state index in [-0.39, 0.29) is 11.7 Å². The Hall–Kier alpha value is -3.69. The monoisotopic (exact) mass is 398 g/mol. The fourth-order valence-electron chi connectivity index (χ4n) is 3.44. The maximum Gasteiger partial charge on any atom is 0.262 e. The molecule has 2 aromatic carbocycles. The highest BCUT2D eigenvalue weighted by Gasteiger charge is 2.19. The lowest BCUT2D eigenvalue weighted by Crippen LogP contribution is -2.32. The van der Waals surface area contributed by atoms with Gasteiger partial charge in [0, 0.05) is 30.5 Å². The van der Waals surface area contributed by atoms with Crippen molar-refractivity contribution in [2.24, 2.45) is 0 Å². The lowest BCUT2D eigenvalue weighted by Gasteiger charge is -2.10. The zero-order chi connectivity index (χ0) is 20.8. The van der Waals surface area contributed by atoms with Crippen molar-refractivity contribution in [1.29, 1.82) is 5.26 Å². The average Bonchev–Trinajstić information content (AvgIpc) is 3.47. The van der Waals surface area contributed by atoms with Crippen LogP contribution in [0.1, 0.15) is 18.4 Å². The summed E-state index contributed by atoms with van der Waals surface area (Å²) in [4.78, 5) is 12.6. The number of carbonyl (C=O) groups is 1. The van der Waals surface area contributed by atoms with Crippen LogP contribution in [0, 0.1) is 11.3 Å². The predicted molar refractivity (Wildman–Crippen MR) is 115 cm³/mol. The minimum absolute atomic E-state index is 0.0228. The second-order valence-electron chi connectivity index (χ2n) is 7.09. The van der Waals surface area contributed by atoms with Crippen LogP contribution in [0.4, 0.5) is 0 Å². The largest absolute Gasteiger partial charge is 0.376 e. The molecule has 1 atom stereocenters. The number of nitriles is 1. The number of nitrogens with one attached hydrogen (secondary N) is 1. The highest BCUT2D eigenvalue weighted by molar-refractivity contribution is 6.02. The minimum atomic E-state index is -0.403. The summed E-state index contributed by atoms with van der Waals surface area (Å²) < 4.78 is 7.29. The van der Waals surface area contributed by atoms with E-state index in [0.717, 1.165) is 30.7 Å². The van der Waals surface area contributed by atoms with Gasteiger partial charge in [0.2, 0.25) is 0 Å². The third-order valence-corrected chi connectivity index (χ3v) is 4.99. The molecule has 1 amide bonds. The molecule has 1 aliphatic heterocycles. The summed E-state index contributed by atoms with van der Waals surface area (Å²) in [5.74, 6) is -0.403. The number of aromatic nitrogens is 2. The predicted octanol–water partition coefficient (Wildman–Crippen LogP) is 3.74. The Labute approximate surface area is 175 Å². The van der Waals surface area contributed by atoms with Gasteiger partial charge in [-0.15, -0.1) is 0 Å². The van der Waals surface area contributed by atoms with Crippen LogP contribution in [0.25, 0.3) is 23.0 Å². The number of ether oxygens (including phenoxy) is 1. The standard InChI is InChI=1S/C24H22N4O2/c25-15-19(24(29)26-16-22-12-7-13-30-22)14-20-17-28(21-10-5-2-6-11-21)27-23(20)18-8-3-1-4-9-18/h1-6,8-11,14,17,22H,7,12-13,16H2,(H,26,29)/b19-14-/t22-/m0/s1. The molecule has 1 aromatic heterocycles. The summed E-state index contributed by atoms with van der Waals surface area (Å²) >= 11 is 0. The van der Waals surface area contributed by atoms with E-state index in [9.17, 15) is 10.1 Å². The lowest BCUT2D eigenvalue weighted by molar-refractivity contribution is -0.117. The normalized spacial score (nSPS) is 16.2. The van der Waals surface area contributed by atoms with Crippen molar-refractivity contribution in [3.05, 3.63) is 78.0 Å². The molecule has 1 fully saturated rings. The number of nitrogens with zero attached hydrogens (tertiary/aromatic N) is 3. The van der Waals surface area contributed by atoms with Crippen LogP contribution in [0.15, 0.2) is 72.4 Å². The van der Waals surface area contributed by atoms with E-state index in [0.29, 0.717) is 17.8 Å². The Kier molecular flexibility index (Phi) is 6.02. The smallest absolute Gasteiger partial charge is 0.262 e. The second-order valence-corrected chi connectivity index (χ2v) is 7.09. The summed E-state index contributed by atoms with van der Waals surface area (Å²) in [6, 6.07) is 21.5. The summed E-state index contributed by atoms with van der Waals surface area (Å²) in [5, 5.41) is 17.1. The molecule has 6 heteroatoms. The Bertz CT molecular complexity index is 1080. The maximum atomic E-state index is 12.6. The third kappa shape index (κ3) is 4.48. The molecule has 1 saturated heterocycles. The fraction of sp³-hybridized carbons (Fsp3) is 0.208. The van der Waals surface area contributed by atoms with E-state index in [1.165, 1.54) is 0 Å². The first-order valence-corrected chi connectivity index (χ1v) is 9.96. The zero-order valence-corrected chi connectivity index (χ0v) is 16.5. The van der Waals surface area contributed by atoms with Gasteiger partial charge in [-0.3, -0.25) is 4.79 Å². The molecule has 0 bridgehead atoms. The molecular weight excluding hydrogens is 376 g/mol. The van der Waals surface area contributed by atoms with Crippen LogP contribution in [0.5, 0.6) is 0 Å². The molecule has 150 valence electrons. The first kappa shape index (κ1) is 19.6. The Morgan fingerprint density at radius 3 is 2.60 bits per heavy atom. The first-order valence-electron chi connectivity index (χ1n) is 9.96. The van der Waals surface area contributed by atoms with E-state index in [1.54, 1.807) is 10.8 Å². The van der Waals surface area contributed by atoms with Crippen LogP contribution < -0.4 is 5.32 Å². The van der Waals surface area contributed by atoms with Gasteiger partial charge in [-0.05, 0) is 31.1 Å².